The van der Waals surface area contributed by atoms with E-state index in [1.165, 1.54) is 17.0 Å². The third-order valence-electron chi connectivity index (χ3n) is 6.21. The van der Waals surface area contributed by atoms with E-state index >= 15 is 0 Å². The summed E-state index contributed by atoms with van der Waals surface area (Å²) in [6.07, 6.45) is -9.04. The lowest BCUT2D eigenvalue weighted by atomic mass is 9.87. The zero-order valence-electron chi connectivity index (χ0n) is 21.5. The first-order valence-corrected chi connectivity index (χ1v) is 12.5. The fraction of sp³-hybridized carbons (Fsp3) is 0.345. The highest BCUT2D eigenvalue weighted by molar-refractivity contribution is 6.31. The lowest BCUT2D eigenvalue weighted by Gasteiger charge is -2.25. The summed E-state index contributed by atoms with van der Waals surface area (Å²) in [6.45, 7) is 5.95. The summed E-state index contributed by atoms with van der Waals surface area (Å²) in [5.74, 6) is -2.29. The molecule has 0 radical (unpaired) electrons. The third-order valence-corrected chi connectivity index (χ3v) is 6.49. The van der Waals surface area contributed by atoms with Gasteiger partial charge in [-0.2, -0.15) is 26.3 Å². The first kappa shape index (κ1) is 30.5. The van der Waals surface area contributed by atoms with Crippen molar-refractivity contribution < 1.29 is 35.5 Å². The molecule has 0 saturated heterocycles. The van der Waals surface area contributed by atoms with Gasteiger partial charge >= 0.3 is 12.4 Å². The number of carbonyl (C=O) groups excluding carboxylic acids is 1. The van der Waals surface area contributed by atoms with Crippen LogP contribution in [0, 0.1) is 5.82 Å². The predicted molar refractivity (Wildman–Crippen MR) is 136 cm³/mol. The van der Waals surface area contributed by atoms with Gasteiger partial charge < -0.3 is 4.90 Å². The molecule has 0 bridgehead atoms. The summed E-state index contributed by atoms with van der Waals surface area (Å²) in [6, 6.07) is 12.8. The van der Waals surface area contributed by atoms with Crippen LogP contribution in [0.1, 0.15) is 65.4 Å². The van der Waals surface area contributed by atoms with Crippen molar-refractivity contribution in [3.8, 4) is 0 Å². The SMILES string of the molecule is CC(C)(C)c1ccc(CN(CCCc2cccc(C(F)(F)F)c2)C(=O)c2cc(C(F)(F)F)cc(Cl)c2F)cc1. The topological polar surface area (TPSA) is 20.3 Å². The quantitative estimate of drug-likeness (QED) is 0.258. The molecule has 0 N–H and O–H groups in total. The lowest BCUT2D eigenvalue weighted by molar-refractivity contribution is -0.138. The molecule has 0 unspecified atom stereocenters. The van der Waals surface area contributed by atoms with Crippen LogP contribution in [0.2, 0.25) is 5.02 Å². The first-order chi connectivity index (χ1) is 18.0. The molecule has 0 saturated carbocycles. The van der Waals surface area contributed by atoms with Gasteiger partial charge in [-0.05, 0) is 53.1 Å². The molecular formula is C29H27ClF7NO. The zero-order valence-corrected chi connectivity index (χ0v) is 22.2. The standard InChI is InChI=1S/C29H27ClF7NO/c1-27(2,3)20-11-9-19(10-12-20)17-38(13-5-7-18-6-4-8-21(14-18)28(32,33)34)26(39)23-15-22(29(35,36)37)16-24(30)25(23)31/h4,6,8-12,14-16H,5,7,13,17H2,1-3H3. The van der Waals surface area contributed by atoms with Crippen molar-refractivity contribution in [2.24, 2.45) is 0 Å². The Bertz CT molecular complexity index is 1310. The molecule has 2 nitrogen and oxygen atoms in total. The van der Waals surface area contributed by atoms with Gasteiger partial charge in [0.25, 0.3) is 5.91 Å². The summed E-state index contributed by atoms with van der Waals surface area (Å²) >= 11 is 5.69. The van der Waals surface area contributed by atoms with E-state index in [1.54, 1.807) is 12.1 Å². The van der Waals surface area contributed by atoms with E-state index in [0.717, 1.165) is 17.7 Å². The maximum Gasteiger partial charge on any atom is 0.416 e. The minimum absolute atomic E-state index is 0.0522. The van der Waals surface area contributed by atoms with Crippen molar-refractivity contribution in [1.29, 1.82) is 0 Å². The van der Waals surface area contributed by atoms with Crippen LogP contribution in [0.5, 0.6) is 0 Å². The fourth-order valence-electron chi connectivity index (χ4n) is 4.04. The number of halogens is 8. The Labute approximate surface area is 227 Å². The second-order valence-corrected chi connectivity index (χ2v) is 10.7. The van der Waals surface area contributed by atoms with Crippen molar-refractivity contribution >= 4 is 17.5 Å². The van der Waals surface area contributed by atoms with Crippen LogP contribution in [0.3, 0.4) is 0 Å². The Morgan fingerprint density at radius 2 is 1.41 bits per heavy atom. The summed E-state index contributed by atoms with van der Waals surface area (Å²) in [5, 5.41) is -0.841. The lowest BCUT2D eigenvalue weighted by Crippen LogP contribution is -2.33. The van der Waals surface area contributed by atoms with E-state index in [-0.39, 0.29) is 31.3 Å². The fourth-order valence-corrected chi connectivity index (χ4v) is 4.26. The van der Waals surface area contributed by atoms with E-state index in [9.17, 15) is 35.5 Å². The third kappa shape index (κ3) is 7.97. The van der Waals surface area contributed by atoms with Crippen LogP contribution in [-0.4, -0.2) is 17.4 Å². The molecule has 10 heteroatoms. The maximum atomic E-state index is 14.8. The summed E-state index contributed by atoms with van der Waals surface area (Å²) in [7, 11) is 0. The molecule has 0 aliphatic carbocycles. The average molecular weight is 574 g/mol. The summed E-state index contributed by atoms with van der Waals surface area (Å²) in [5.41, 5.74) is -1.02. The van der Waals surface area contributed by atoms with Gasteiger partial charge in [-0.15, -0.1) is 0 Å². The first-order valence-electron chi connectivity index (χ1n) is 12.1. The van der Waals surface area contributed by atoms with Crippen LogP contribution >= 0.6 is 11.6 Å². The van der Waals surface area contributed by atoms with Gasteiger partial charge in [0.2, 0.25) is 0 Å². The molecular weight excluding hydrogens is 547 g/mol. The summed E-state index contributed by atoms with van der Waals surface area (Å²) < 4.78 is 94.0. The number of hydrogen-bond acceptors (Lipinski definition) is 1. The van der Waals surface area contributed by atoms with E-state index in [2.05, 4.69) is 0 Å². The number of hydrogen-bond donors (Lipinski definition) is 0. The maximum absolute atomic E-state index is 14.8. The number of alkyl halides is 6. The van der Waals surface area contributed by atoms with E-state index in [0.29, 0.717) is 23.3 Å². The van der Waals surface area contributed by atoms with Gasteiger partial charge in [0.1, 0.15) is 0 Å². The van der Waals surface area contributed by atoms with Crippen LogP contribution in [0.25, 0.3) is 0 Å². The van der Waals surface area contributed by atoms with Gasteiger partial charge in [0.05, 0.1) is 21.7 Å². The number of rotatable bonds is 7. The average Bonchev–Trinajstić information content (AvgIpc) is 2.83. The molecule has 3 rings (SSSR count). The molecule has 0 aliphatic heterocycles. The molecule has 0 aromatic heterocycles. The highest BCUT2D eigenvalue weighted by atomic mass is 35.5. The van der Waals surface area contributed by atoms with Crippen LogP contribution < -0.4 is 0 Å². The Hall–Kier alpha value is -3.07. The number of carbonyl (C=O) groups is 1. The van der Waals surface area contributed by atoms with Crippen LogP contribution in [0.15, 0.2) is 60.7 Å². The minimum atomic E-state index is -4.86. The zero-order chi connectivity index (χ0) is 29.2. The molecule has 0 spiro atoms. The van der Waals surface area contributed by atoms with Crippen LogP contribution in [-0.2, 0) is 30.7 Å². The summed E-state index contributed by atoms with van der Waals surface area (Å²) in [4.78, 5) is 14.5. The van der Waals surface area contributed by atoms with E-state index in [1.807, 2.05) is 32.9 Å². The number of benzene rings is 3. The van der Waals surface area contributed by atoms with Gasteiger partial charge in [-0.1, -0.05) is 74.8 Å². The van der Waals surface area contributed by atoms with Crippen LogP contribution in [0.4, 0.5) is 30.7 Å². The smallest absolute Gasteiger partial charge is 0.334 e. The van der Waals surface area contributed by atoms with Gasteiger partial charge in [-0.3, -0.25) is 4.79 Å². The van der Waals surface area contributed by atoms with E-state index in [4.69, 9.17) is 11.6 Å². The molecule has 0 heterocycles. The highest BCUT2D eigenvalue weighted by Gasteiger charge is 2.34. The Balaban J connectivity index is 1.90. The Kier molecular flexibility index (Phi) is 9.05. The largest absolute Gasteiger partial charge is 0.416 e. The van der Waals surface area contributed by atoms with Crippen molar-refractivity contribution in [3.05, 3.63) is 105 Å². The van der Waals surface area contributed by atoms with Crippen molar-refractivity contribution in [2.75, 3.05) is 6.54 Å². The molecule has 39 heavy (non-hydrogen) atoms. The van der Waals surface area contributed by atoms with Crippen molar-refractivity contribution in [2.45, 2.75) is 57.9 Å². The van der Waals surface area contributed by atoms with Gasteiger partial charge in [0, 0.05) is 13.1 Å². The highest BCUT2D eigenvalue weighted by Crippen LogP contribution is 2.34. The second kappa shape index (κ2) is 11.6. The number of amides is 1. The Morgan fingerprint density at radius 1 is 0.795 bits per heavy atom. The monoisotopic (exact) mass is 573 g/mol. The normalized spacial score (nSPS) is 12.5. The molecule has 210 valence electrons. The van der Waals surface area contributed by atoms with Gasteiger partial charge in [-0.25, -0.2) is 4.39 Å². The molecule has 1 amide bonds. The molecule has 0 atom stereocenters. The molecule has 3 aromatic carbocycles. The van der Waals surface area contributed by atoms with Gasteiger partial charge in [0.15, 0.2) is 5.82 Å². The second-order valence-electron chi connectivity index (χ2n) is 10.3. The van der Waals surface area contributed by atoms with Crippen molar-refractivity contribution in [3.63, 3.8) is 0 Å². The van der Waals surface area contributed by atoms with Crippen molar-refractivity contribution in [1.82, 2.24) is 4.90 Å². The molecule has 3 aromatic rings. The van der Waals surface area contributed by atoms with E-state index < -0.39 is 45.8 Å². The Morgan fingerprint density at radius 3 is 1.97 bits per heavy atom. The minimum Gasteiger partial charge on any atom is -0.334 e. The number of nitrogens with zero attached hydrogens (tertiary/aromatic N) is 1. The molecule has 0 fully saturated rings. The molecule has 0 aliphatic rings. The number of aryl methyl sites for hydroxylation is 1. The predicted octanol–water partition coefficient (Wildman–Crippen LogP) is 9.09.